The molecule has 0 spiro atoms. The number of benzene rings is 2. The Bertz CT molecular complexity index is 1150. The number of nitrogens with one attached hydrogen (secondary N) is 1. The van der Waals surface area contributed by atoms with Gasteiger partial charge < -0.3 is 5.32 Å². The van der Waals surface area contributed by atoms with Gasteiger partial charge in [0.1, 0.15) is 21.4 Å². The van der Waals surface area contributed by atoms with Gasteiger partial charge in [0.2, 0.25) is 5.91 Å². The van der Waals surface area contributed by atoms with Crippen LogP contribution >= 0.6 is 23.1 Å². The molecule has 0 saturated carbocycles. The number of hydrogen-bond donors (Lipinski definition) is 1. The molecule has 4 rings (SSSR count). The first kappa shape index (κ1) is 19.6. The second-order valence-electron chi connectivity index (χ2n) is 6.91. The zero-order valence-electron chi connectivity index (χ0n) is 16.5. The van der Waals surface area contributed by atoms with E-state index in [1.54, 1.807) is 17.7 Å². The van der Waals surface area contributed by atoms with E-state index in [1.807, 2.05) is 61.5 Å². The second kappa shape index (κ2) is 8.35. The van der Waals surface area contributed by atoms with Gasteiger partial charge in [-0.05, 0) is 44.0 Å². The van der Waals surface area contributed by atoms with E-state index in [0.29, 0.717) is 0 Å². The highest BCUT2D eigenvalue weighted by atomic mass is 32.2. The first-order valence-electron chi connectivity index (χ1n) is 9.33. The van der Waals surface area contributed by atoms with Gasteiger partial charge in [-0.2, -0.15) is 0 Å². The highest BCUT2D eigenvalue weighted by Crippen LogP contribution is 2.41. The molecule has 0 aliphatic heterocycles. The van der Waals surface area contributed by atoms with Crippen LogP contribution in [0, 0.1) is 20.8 Å². The monoisotopic (exact) mass is 419 g/mol. The summed E-state index contributed by atoms with van der Waals surface area (Å²) in [4.78, 5) is 24.4. The highest BCUT2D eigenvalue weighted by molar-refractivity contribution is 8.00. The Morgan fingerprint density at radius 2 is 1.72 bits per heavy atom. The van der Waals surface area contributed by atoms with E-state index in [4.69, 9.17) is 0 Å². The fraction of sp³-hybridized carbons (Fsp3) is 0.174. The minimum atomic E-state index is -0.421. The average Bonchev–Trinajstić information content (AvgIpc) is 3.03. The predicted octanol–water partition coefficient (Wildman–Crippen LogP) is 6.09. The number of aryl methyl sites for hydroxylation is 3. The summed E-state index contributed by atoms with van der Waals surface area (Å²) >= 11 is 3.14. The minimum Gasteiger partial charge on any atom is -0.325 e. The number of amides is 1. The van der Waals surface area contributed by atoms with Crippen LogP contribution < -0.4 is 5.32 Å². The molecule has 4 aromatic rings. The lowest BCUT2D eigenvalue weighted by molar-refractivity contribution is -0.115. The van der Waals surface area contributed by atoms with Crippen LogP contribution in [-0.2, 0) is 4.79 Å². The van der Waals surface area contributed by atoms with Gasteiger partial charge in [0.05, 0.1) is 0 Å². The Kier molecular flexibility index (Phi) is 5.65. The van der Waals surface area contributed by atoms with Crippen molar-refractivity contribution in [1.82, 2.24) is 9.97 Å². The van der Waals surface area contributed by atoms with Crippen molar-refractivity contribution >= 4 is 44.9 Å². The molecule has 1 N–H and O–H groups in total. The number of carbonyl (C=O) groups is 1. The van der Waals surface area contributed by atoms with Crippen molar-refractivity contribution in [3.05, 3.63) is 82.5 Å². The first-order valence-corrected chi connectivity index (χ1v) is 11.0. The average molecular weight is 420 g/mol. The molecule has 29 heavy (non-hydrogen) atoms. The predicted molar refractivity (Wildman–Crippen MR) is 122 cm³/mol. The second-order valence-corrected chi connectivity index (χ2v) is 9.20. The van der Waals surface area contributed by atoms with Gasteiger partial charge in [-0.3, -0.25) is 4.79 Å². The van der Waals surface area contributed by atoms with Gasteiger partial charge in [0.15, 0.2) is 0 Å². The Balaban J connectivity index is 1.70. The zero-order valence-corrected chi connectivity index (χ0v) is 18.1. The lowest BCUT2D eigenvalue weighted by Gasteiger charge is -2.17. The van der Waals surface area contributed by atoms with E-state index in [0.717, 1.165) is 32.1 Å². The summed E-state index contributed by atoms with van der Waals surface area (Å²) in [5.41, 5.74) is 4.07. The summed E-state index contributed by atoms with van der Waals surface area (Å²) in [5, 5.41) is 4.52. The molecule has 2 heterocycles. The number of anilines is 1. The van der Waals surface area contributed by atoms with E-state index in [1.165, 1.54) is 22.2 Å². The molecular weight excluding hydrogens is 398 g/mol. The lowest BCUT2D eigenvalue weighted by atomic mass is 10.1. The van der Waals surface area contributed by atoms with Gasteiger partial charge in [0.25, 0.3) is 0 Å². The quantitative estimate of drug-likeness (QED) is 0.314. The summed E-state index contributed by atoms with van der Waals surface area (Å²) in [7, 11) is 0. The van der Waals surface area contributed by atoms with Crippen molar-refractivity contribution in [2.45, 2.75) is 31.0 Å². The number of thioether (sulfide) groups is 1. The Morgan fingerprint density at radius 1 is 1.00 bits per heavy atom. The number of thiophene rings is 1. The Morgan fingerprint density at radius 3 is 2.45 bits per heavy atom. The lowest BCUT2D eigenvalue weighted by Crippen LogP contribution is -2.19. The van der Waals surface area contributed by atoms with E-state index < -0.39 is 5.25 Å². The van der Waals surface area contributed by atoms with Gasteiger partial charge in [0, 0.05) is 16.0 Å². The molecule has 1 atom stereocenters. The highest BCUT2D eigenvalue weighted by Gasteiger charge is 2.25. The van der Waals surface area contributed by atoms with Crippen LogP contribution in [0.4, 0.5) is 5.69 Å². The number of hydrogen-bond acceptors (Lipinski definition) is 5. The van der Waals surface area contributed by atoms with Crippen LogP contribution in [-0.4, -0.2) is 15.9 Å². The number of rotatable bonds is 5. The maximum atomic E-state index is 13.3. The third-order valence-corrected chi connectivity index (χ3v) is 7.19. The summed E-state index contributed by atoms with van der Waals surface area (Å²) in [5.74, 6) is -0.0681. The van der Waals surface area contributed by atoms with Gasteiger partial charge in [-0.25, -0.2) is 9.97 Å². The molecule has 4 nitrogen and oxygen atoms in total. The SMILES string of the molecule is Cc1ccc(NC(=O)C(Sc2ncnc3sc(C)c(C)c23)c2ccccc2)cc1. The van der Waals surface area contributed by atoms with E-state index in [2.05, 4.69) is 29.1 Å². The van der Waals surface area contributed by atoms with Crippen molar-refractivity contribution < 1.29 is 4.79 Å². The third kappa shape index (κ3) is 4.18. The summed E-state index contributed by atoms with van der Waals surface area (Å²) in [6.45, 7) is 6.21. The number of nitrogens with zero attached hydrogens (tertiary/aromatic N) is 2. The summed E-state index contributed by atoms with van der Waals surface area (Å²) in [6.07, 6.45) is 1.58. The van der Waals surface area contributed by atoms with Crippen LogP contribution in [0.25, 0.3) is 10.2 Å². The van der Waals surface area contributed by atoms with Crippen LogP contribution in [0.1, 0.15) is 26.8 Å². The molecule has 0 fully saturated rings. The first-order chi connectivity index (χ1) is 14.0. The number of fused-ring (bicyclic) bond motifs is 1. The maximum absolute atomic E-state index is 13.3. The molecule has 0 aliphatic carbocycles. The van der Waals surface area contributed by atoms with Crippen LogP contribution in [0.3, 0.4) is 0 Å². The van der Waals surface area contributed by atoms with Crippen LogP contribution in [0.2, 0.25) is 0 Å². The summed E-state index contributed by atoms with van der Waals surface area (Å²) in [6, 6.07) is 17.7. The van der Waals surface area contributed by atoms with Crippen molar-refractivity contribution in [2.24, 2.45) is 0 Å². The Hall–Kier alpha value is -2.70. The fourth-order valence-corrected chi connectivity index (χ4v) is 5.32. The maximum Gasteiger partial charge on any atom is 0.242 e. The molecule has 6 heteroatoms. The molecular formula is C23H21N3OS2. The van der Waals surface area contributed by atoms with Crippen molar-refractivity contribution in [3.63, 3.8) is 0 Å². The van der Waals surface area contributed by atoms with Crippen molar-refractivity contribution in [1.29, 1.82) is 0 Å². The van der Waals surface area contributed by atoms with Gasteiger partial charge in [-0.15, -0.1) is 11.3 Å². The molecule has 0 aliphatic rings. The molecule has 0 radical (unpaired) electrons. The molecule has 0 bridgehead atoms. The zero-order chi connectivity index (χ0) is 20.4. The largest absolute Gasteiger partial charge is 0.325 e. The molecule has 2 aromatic heterocycles. The smallest absolute Gasteiger partial charge is 0.242 e. The molecule has 2 aromatic carbocycles. The van der Waals surface area contributed by atoms with Gasteiger partial charge >= 0.3 is 0 Å². The van der Waals surface area contributed by atoms with E-state index >= 15 is 0 Å². The van der Waals surface area contributed by atoms with E-state index in [9.17, 15) is 4.79 Å². The minimum absolute atomic E-state index is 0.0681. The van der Waals surface area contributed by atoms with Crippen LogP contribution in [0.5, 0.6) is 0 Å². The fourth-order valence-electron chi connectivity index (χ4n) is 3.10. The number of aromatic nitrogens is 2. The molecule has 146 valence electrons. The standard InChI is InChI=1S/C23H21N3OS2/c1-14-9-11-18(12-10-14)26-21(27)20(17-7-5-4-6-8-17)29-23-19-15(2)16(3)28-22(19)24-13-25-23/h4-13,20H,1-3H3,(H,26,27). The number of carbonyl (C=O) groups excluding carboxylic acids is 1. The molecule has 0 saturated heterocycles. The van der Waals surface area contributed by atoms with E-state index in [-0.39, 0.29) is 5.91 Å². The Labute approximate surface area is 178 Å². The normalized spacial score (nSPS) is 12.1. The van der Waals surface area contributed by atoms with Crippen LogP contribution in [0.15, 0.2) is 66.0 Å². The summed E-state index contributed by atoms with van der Waals surface area (Å²) < 4.78 is 0. The van der Waals surface area contributed by atoms with Gasteiger partial charge in [-0.1, -0.05) is 59.8 Å². The third-order valence-electron chi connectivity index (χ3n) is 4.82. The van der Waals surface area contributed by atoms with Crippen molar-refractivity contribution in [3.8, 4) is 0 Å². The molecule has 1 unspecified atom stereocenters. The topological polar surface area (TPSA) is 54.9 Å². The molecule has 1 amide bonds. The van der Waals surface area contributed by atoms with Crippen molar-refractivity contribution in [2.75, 3.05) is 5.32 Å².